The quantitative estimate of drug-likeness (QED) is 0.844. The lowest BCUT2D eigenvalue weighted by molar-refractivity contribution is -0.151. The smallest absolute Gasteiger partial charge is 0.337 e. The van der Waals surface area contributed by atoms with E-state index in [2.05, 4.69) is 15.9 Å². The van der Waals surface area contributed by atoms with Gasteiger partial charge in [-0.25, -0.2) is 4.79 Å². The number of aliphatic hydroxyl groups excluding tert-OH is 1. The first kappa shape index (κ1) is 15.1. The molecule has 0 radical (unpaired) electrons. The zero-order valence-corrected chi connectivity index (χ0v) is 12.3. The lowest BCUT2D eigenvalue weighted by Crippen LogP contribution is -2.17. The molecular weight excluding hydrogens is 332 g/mol. The van der Waals surface area contributed by atoms with Crippen LogP contribution in [0.15, 0.2) is 16.6 Å². The number of benzene rings is 1. The number of aliphatic carboxylic acids is 1. The van der Waals surface area contributed by atoms with E-state index in [0.717, 1.165) is 6.42 Å². The number of aliphatic hydroxyl groups is 1. The van der Waals surface area contributed by atoms with E-state index in [1.165, 1.54) is 0 Å². The molecule has 0 aliphatic carbocycles. The van der Waals surface area contributed by atoms with Crippen LogP contribution in [-0.2, 0) is 9.53 Å². The van der Waals surface area contributed by atoms with Gasteiger partial charge < -0.3 is 24.4 Å². The molecule has 1 unspecified atom stereocenters. The second kappa shape index (κ2) is 6.92. The minimum absolute atomic E-state index is 0.0526. The van der Waals surface area contributed by atoms with Gasteiger partial charge in [-0.05, 0) is 33.6 Å². The van der Waals surface area contributed by atoms with Crippen molar-refractivity contribution in [3.05, 3.63) is 22.2 Å². The Morgan fingerprint density at radius 3 is 2.85 bits per heavy atom. The van der Waals surface area contributed by atoms with E-state index in [9.17, 15) is 9.90 Å². The van der Waals surface area contributed by atoms with Crippen LogP contribution in [0, 0.1) is 0 Å². The summed E-state index contributed by atoms with van der Waals surface area (Å²) in [5.41, 5.74) is 0.432. The lowest BCUT2D eigenvalue weighted by Gasteiger charge is -2.16. The van der Waals surface area contributed by atoms with Gasteiger partial charge in [-0.3, -0.25) is 0 Å². The maximum absolute atomic E-state index is 11.3. The Balaban J connectivity index is 2.33. The summed E-state index contributed by atoms with van der Waals surface area (Å²) in [6.07, 6.45) is -0.393. The molecule has 0 aromatic heterocycles. The van der Waals surface area contributed by atoms with Crippen LogP contribution in [0.25, 0.3) is 0 Å². The van der Waals surface area contributed by atoms with Crippen LogP contribution in [0.3, 0.4) is 0 Å². The first-order valence-electron chi connectivity index (χ1n) is 6.17. The van der Waals surface area contributed by atoms with Crippen molar-refractivity contribution >= 4 is 21.9 Å². The molecule has 0 saturated carbocycles. The first-order chi connectivity index (χ1) is 9.63. The van der Waals surface area contributed by atoms with Gasteiger partial charge in [0, 0.05) is 6.42 Å². The topological polar surface area (TPSA) is 85.2 Å². The van der Waals surface area contributed by atoms with E-state index in [4.69, 9.17) is 19.3 Å². The van der Waals surface area contributed by atoms with E-state index < -0.39 is 12.1 Å². The number of fused-ring (bicyclic) bond motifs is 1. The monoisotopic (exact) mass is 346 g/mol. The zero-order valence-electron chi connectivity index (χ0n) is 10.7. The number of hydrogen-bond acceptors (Lipinski definition) is 5. The fraction of sp³-hybridized carbons (Fsp3) is 0.462. The molecule has 20 heavy (non-hydrogen) atoms. The molecule has 1 aromatic carbocycles. The highest BCUT2D eigenvalue weighted by Gasteiger charge is 2.24. The number of halogens is 1. The van der Waals surface area contributed by atoms with Gasteiger partial charge in [-0.1, -0.05) is 0 Å². The molecule has 0 spiro atoms. The van der Waals surface area contributed by atoms with Gasteiger partial charge in [0.15, 0.2) is 17.6 Å². The summed E-state index contributed by atoms with van der Waals surface area (Å²) in [7, 11) is 0. The van der Waals surface area contributed by atoms with Crippen LogP contribution >= 0.6 is 15.9 Å². The van der Waals surface area contributed by atoms with Crippen molar-refractivity contribution in [2.45, 2.75) is 12.5 Å². The maximum Gasteiger partial charge on any atom is 0.337 e. The summed E-state index contributed by atoms with van der Waals surface area (Å²) < 4.78 is 16.9. The molecule has 0 saturated heterocycles. The fourth-order valence-corrected chi connectivity index (χ4v) is 2.46. The molecular formula is C13H15BrO6. The van der Waals surface area contributed by atoms with E-state index in [-0.39, 0.29) is 13.2 Å². The van der Waals surface area contributed by atoms with Gasteiger partial charge in [0.1, 0.15) is 0 Å². The number of rotatable bonds is 5. The molecule has 1 aromatic rings. The summed E-state index contributed by atoms with van der Waals surface area (Å²) in [6, 6.07) is 3.23. The SMILES string of the molecule is O=C(O)C(OCCO)c1cc(Br)c2c(c1)OCCCO2. The average Bonchev–Trinajstić information content (AvgIpc) is 2.64. The molecule has 1 aliphatic rings. The Bertz CT molecular complexity index is 490. The van der Waals surface area contributed by atoms with Gasteiger partial charge in [0.05, 0.1) is 30.9 Å². The zero-order chi connectivity index (χ0) is 14.5. The van der Waals surface area contributed by atoms with Crippen LogP contribution in [0.5, 0.6) is 11.5 Å². The van der Waals surface area contributed by atoms with Crippen molar-refractivity contribution in [2.24, 2.45) is 0 Å². The van der Waals surface area contributed by atoms with Crippen molar-refractivity contribution in [1.82, 2.24) is 0 Å². The normalized spacial score (nSPS) is 15.5. The molecule has 7 heteroatoms. The van der Waals surface area contributed by atoms with E-state index >= 15 is 0 Å². The Kier molecular flexibility index (Phi) is 5.22. The number of hydrogen-bond donors (Lipinski definition) is 2. The van der Waals surface area contributed by atoms with Crippen LogP contribution in [-0.4, -0.2) is 42.6 Å². The highest BCUT2D eigenvalue weighted by Crippen LogP contribution is 2.40. The predicted molar refractivity (Wildman–Crippen MR) is 73.2 cm³/mol. The lowest BCUT2D eigenvalue weighted by atomic mass is 10.1. The molecule has 0 amide bonds. The second-order valence-electron chi connectivity index (χ2n) is 4.19. The maximum atomic E-state index is 11.3. The van der Waals surface area contributed by atoms with Crippen molar-refractivity contribution in [3.63, 3.8) is 0 Å². The molecule has 2 rings (SSSR count). The van der Waals surface area contributed by atoms with E-state index in [1.54, 1.807) is 12.1 Å². The number of carbonyl (C=O) groups is 1. The number of ether oxygens (including phenoxy) is 3. The van der Waals surface area contributed by atoms with Crippen molar-refractivity contribution in [1.29, 1.82) is 0 Å². The van der Waals surface area contributed by atoms with Crippen LogP contribution in [0.2, 0.25) is 0 Å². The van der Waals surface area contributed by atoms with Gasteiger partial charge >= 0.3 is 5.97 Å². The number of carboxylic acids is 1. The van der Waals surface area contributed by atoms with Gasteiger partial charge in [-0.15, -0.1) is 0 Å². The highest BCUT2D eigenvalue weighted by molar-refractivity contribution is 9.10. The second-order valence-corrected chi connectivity index (χ2v) is 5.05. The van der Waals surface area contributed by atoms with Crippen LogP contribution < -0.4 is 9.47 Å². The number of carboxylic acid groups (broad SMARTS) is 1. The largest absolute Gasteiger partial charge is 0.490 e. The van der Waals surface area contributed by atoms with Crippen molar-refractivity contribution in [3.8, 4) is 11.5 Å². The molecule has 2 N–H and O–H groups in total. The molecule has 0 fully saturated rings. The highest BCUT2D eigenvalue weighted by atomic mass is 79.9. The van der Waals surface area contributed by atoms with Gasteiger partial charge in [0.2, 0.25) is 0 Å². The molecule has 0 bridgehead atoms. The third-order valence-electron chi connectivity index (χ3n) is 2.73. The third-order valence-corrected chi connectivity index (χ3v) is 3.32. The summed E-state index contributed by atoms with van der Waals surface area (Å²) in [4.78, 5) is 11.3. The van der Waals surface area contributed by atoms with Crippen molar-refractivity contribution < 1.29 is 29.2 Å². The Morgan fingerprint density at radius 2 is 2.15 bits per heavy atom. The Labute approximate surface area is 124 Å². The summed E-state index contributed by atoms with van der Waals surface area (Å²) in [5, 5.41) is 18.0. The minimum atomic E-state index is -1.16. The molecule has 1 atom stereocenters. The van der Waals surface area contributed by atoms with Gasteiger partial charge in [-0.2, -0.15) is 0 Å². The minimum Gasteiger partial charge on any atom is -0.490 e. The molecule has 1 aliphatic heterocycles. The van der Waals surface area contributed by atoms with Crippen LogP contribution in [0.1, 0.15) is 18.1 Å². The first-order valence-corrected chi connectivity index (χ1v) is 6.97. The Morgan fingerprint density at radius 1 is 1.40 bits per heavy atom. The summed E-state index contributed by atoms with van der Waals surface area (Å²) >= 11 is 3.35. The third kappa shape index (κ3) is 3.41. The standard InChI is InChI=1S/C13H15BrO6/c14-9-6-8(11(13(16)17)20-5-2-15)7-10-12(9)19-4-1-3-18-10/h6-7,11,15H,1-5H2,(H,16,17). The fourth-order valence-electron chi connectivity index (χ4n) is 1.88. The van der Waals surface area contributed by atoms with Crippen molar-refractivity contribution in [2.75, 3.05) is 26.4 Å². The van der Waals surface area contributed by atoms with E-state index in [1.807, 2.05) is 0 Å². The molecule has 110 valence electrons. The van der Waals surface area contributed by atoms with Crippen LogP contribution in [0.4, 0.5) is 0 Å². The van der Waals surface area contributed by atoms with E-state index in [0.29, 0.717) is 34.7 Å². The average molecular weight is 347 g/mol. The molecule has 1 heterocycles. The summed E-state index contributed by atoms with van der Waals surface area (Å²) in [5.74, 6) is -0.0666. The summed E-state index contributed by atoms with van der Waals surface area (Å²) in [6.45, 7) is 0.769. The van der Waals surface area contributed by atoms with Gasteiger partial charge in [0.25, 0.3) is 0 Å². The predicted octanol–water partition coefficient (Wildman–Crippen LogP) is 1.74. The Hall–Kier alpha value is -1.31. The molecule has 6 nitrogen and oxygen atoms in total.